The fourth-order valence-electron chi connectivity index (χ4n) is 1.73. The minimum Gasteiger partial charge on any atom is -0.468 e. The molecule has 0 radical (unpaired) electrons. The maximum absolute atomic E-state index is 11.8. The van der Waals surface area contributed by atoms with Gasteiger partial charge in [0.15, 0.2) is 0 Å². The van der Waals surface area contributed by atoms with E-state index < -0.39 is 0 Å². The molecular weight excluding hydrogens is 314 g/mol. The third-order valence-corrected chi connectivity index (χ3v) is 4.99. The van der Waals surface area contributed by atoms with Crippen LogP contribution in [0, 0.1) is 5.92 Å². The predicted octanol–water partition coefficient (Wildman–Crippen LogP) is 3.75. The molecule has 0 aliphatic carbocycles. The van der Waals surface area contributed by atoms with E-state index >= 15 is 0 Å². The molecule has 0 aromatic carbocycles. The molecule has 0 amide bonds. The van der Waals surface area contributed by atoms with Crippen molar-refractivity contribution < 1.29 is 9.53 Å². The average molecular weight is 334 g/mol. The van der Waals surface area contributed by atoms with Crippen LogP contribution in [0.2, 0.25) is 0 Å². The second-order valence-corrected chi connectivity index (χ2v) is 6.30. The third-order valence-electron chi connectivity index (χ3n) is 3.11. The van der Waals surface area contributed by atoms with Crippen molar-refractivity contribution in [3.63, 3.8) is 0 Å². The van der Waals surface area contributed by atoms with Crippen molar-refractivity contribution in [1.82, 2.24) is 5.32 Å². The van der Waals surface area contributed by atoms with E-state index in [-0.39, 0.29) is 24.0 Å². The van der Waals surface area contributed by atoms with Crippen LogP contribution in [0.5, 0.6) is 0 Å². The Balaban J connectivity index is 2.74. The topological polar surface area (TPSA) is 38.3 Å². The lowest BCUT2D eigenvalue weighted by Gasteiger charge is -2.25. The van der Waals surface area contributed by atoms with E-state index in [1.807, 2.05) is 5.38 Å². The Hall–Kier alpha value is -0.390. The van der Waals surface area contributed by atoms with Crippen molar-refractivity contribution in [3.05, 3.63) is 20.8 Å². The molecule has 1 aromatic heterocycles. The van der Waals surface area contributed by atoms with Crippen LogP contribution in [-0.4, -0.2) is 19.1 Å². The molecule has 1 rings (SSSR count). The summed E-state index contributed by atoms with van der Waals surface area (Å²) in [5.74, 6) is 0.0649. The van der Waals surface area contributed by atoms with E-state index in [4.69, 9.17) is 4.74 Å². The molecule has 0 aliphatic heterocycles. The van der Waals surface area contributed by atoms with Crippen molar-refractivity contribution in [2.45, 2.75) is 39.3 Å². The zero-order chi connectivity index (χ0) is 13.7. The number of carbonyl (C=O) groups is 1. The van der Waals surface area contributed by atoms with Gasteiger partial charge in [0.1, 0.15) is 6.04 Å². The number of esters is 1. The van der Waals surface area contributed by atoms with Crippen LogP contribution in [0.3, 0.4) is 0 Å². The summed E-state index contributed by atoms with van der Waals surface area (Å²) in [4.78, 5) is 13.0. The summed E-state index contributed by atoms with van der Waals surface area (Å²) in [6.07, 6.45) is 0.938. The monoisotopic (exact) mass is 333 g/mol. The number of halogens is 1. The highest BCUT2D eigenvalue weighted by Gasteiger charge is 2.26. The molecule has 0 aliphatic rings. The first-order valence-electron chi connectivity index (χ1n) is 6.07. The fourth-order valence-corrected chi connectivity index (χ4v) is 3.20. The van der Waals surface area contributed by atoms with Crippen LogP contribution in [-0.2, 0) is 9.53 Å². The molecule has 0 saturated carbocycles. The van der Waals surface area contributed by atoms with Crippen LogP contribution in [0.4, 0.5) is 0 Å². The van der Waals surface area contributed by atoms with Gasteiger partial charge in [0.25, 0.3) is 0 Å². The van der Waals surface area contributed by atoms with Crippen LogP contribution >= 0.6 is 27.3 Å². The highest BCUT2D eigenvalue weighted by Crippen LogP contribution is 2.26. The lowest BCUT2D eigenvalue weighted by molar-refractivity contribution is -0.144. The van der Waals surface area contributed by atoms with Crippen LogP contribution in [0.25, 0.3) is 0 Å². The Labute approximate surface area is 121 Å². The van der Waals surface area contributed by atoms with Gasteiger partial charge in [0.05, 0.1) is 7.11 Å². The van der Waals surface area contributed by atoms with Gasteiger partial charge in [-0.15, -0.1) is 11.3 Å². The van der Waals surface area contributed by atoms with E-state index in [9.17, 15) is 4.79 Å². The first-order valence-corrected chi connectivity index (χ1v) is 7.74. The Morgan fingerprint density at radius 3 is 2.67 bits per heavy atom. The highest BCUT2D eigenvalue weighted by atomic mass is 79.9. The molecule has 18 heavy (non-hydrogen) atoms. The molecule has 3 unspecified atom stereocenters. The van der Waals surface area contributed by atoms with Gasteiger partial charge in [0.2, 0.25) is 0 Å². The number of rotatable bonds is 6. The van der Waals surface area contributed by atoms with Crippen molar-refractivity contribution in [1.29, 1.82) is 0 Å². The molecule has 1 N–H and O–H groups in total. The minimum absolute atomic E-state index is 0.138. The summed E-state index contributed by atoms with van der Waals surface area (Å²) < 4.78 is 5.95. The van der Waals surface area contributed by atoms with Crippen molar-refractivity contribution in [2.24, 2.45) is 5.92 Å². The van der Waals surface area contributed by atoms with E-state index in [0.717, 1.165) is 10.9 Å². The highest BCUT2D eigenvalue weighted by molar-refractivity contribution is 9.10. The predicted molar refractivity (Wildman–Crippen MR) is 78.8 cm³/mol. The number of thiophene rings is 1. The normalized spacial score (nSPS) is 16.1. The summed E-state index contributed by atoms with van der Waals surface area (Å²) in [5.41, 5.74) is 0. The first kappa shape index (κ1) is 15.7. The molecule has 1 heterocycles. The maximum atomic E-state index is 11.8. The summed E-state index contributed by atoms with van der Waals surface area (Å²) in [5, 5.41) is 5.41. The van der Waals surface area contributed by atoms with Crippen LogP contribution in [0.15, 0.2) is 15.9 Å². The maximum Gasteiger partial charge on any atom is 0.323 e. The number of hydrogen-bond acceptors (Lipinski definition) is 4. The van der Waals surface area contributed by atoms with Crippen molar-refractivity contribution in [3.8, 4) is 0 Å². The van der Waals surface area contributed by atoms with E-state index in [1.165, 1.54) is 12.0 Å². The lowest BCUT2D eigenvalue weighted by Crippen LogP contribution is -2.43. The molecule has 0 fully saturated rings. The minimum atomic E-state index is -0.254. The molecule has 3 atom stereocenters. The zero-order valence-corrected chi connectivity index (χ0v) is 13.6. The van der Waals surface area contributed by atoms with Gasteiger partial charge in [-0.25, -0.2) is 0 Å². The second-order valence-electron chi connectivity index (χ2n) is 4.44. The van der Waals surface area contributed by atoms with Gasteiger partial charge in [-0.05, 0) is 34.8 Å². The van der Waals surface area contributed by atoms with E-state index in [0.29, 0.717) is 0 Å². The van der Waals surface area contributed by atoms with Gasteiger partial charge in [-0.1, -0.05) is 20.3 Å². The largest absolute Gasteiger partial charge is 0.468 e. The van der Waals surface area contributed by atoms with Crippen molar-refractivity contribution >= 4 is 33.2 Å². The number of nitrogens with one attached hydrogen (secondary N) is 1. The zero-order valence-electron chi connectivity index (χ0n) is 11.2. The SMILES string of the molecule is CCC(C)C(NC(C)c1cc(Br)cs1)C(=O)OC. The number of methoxy groups -OCH3 is 1. The first-order chi connectivity index (χ1) is 8.49. The molecular formula is C13H20BrNO2S. The van der Waals surface area contributed by atoms with Gasteiger partial charge in [-0.2, -0.15) is 0 Å². The molecule has 102 valence electrons. The second kappa shape index (κ2) is 7.26. The van der Waals surface area contributed by atoms with E-state index in [2.05, 4.69) is 48.1 Å². The Kier molecular flexibility index (Phi) is 6.32. The quantitative estimate of drug-likeness (QED) is 0.805. The molecule has 5 heteroatoms. The van der Waals surface area contributed by atoms with E-state index in [1.54, 1.807) is 11.3 Å². The van der Waals surface area contributed by atoms with Crippen LogP contribution in [0.1, 0.15) is 38.1 Å². The Bertz CT molecular complexity index is 394. The molecule has 0 spiro atoms. The molecule has 3 nitrogen and oxygen atoms in total. The molecule has 0 saturated heterocycles. The number of carbonyl (C=O) groups excluding carboxylic acids is 1. The van der Waals surface area contributed by atoms with Crippen LogP contribution < -0.4 is 5.32 Å². The van der Waals surface area contributed by atoms with Gasteiger partial charge in [0, 0.05) is 20.8 Å². The number of hydrogen-bond donors (Lipinski definition) is 1. The lowest BCUT2D eigenvalue weighted by atomic mass is 9.98. The Morgan fingerprint density at radius 2 is 2.22 bits per heavy atom. The third kappa shape index (κ3) is 4.07. The summed E-state index contributed by atoms with van der Waals surface area (Å²) in [6.45, 7) is 6.21. The Morgan fingerprint density at radius 1 is 1.56 bits per heavy atom. The summed E-state index contributed by atoms with van der Waals surface area (Å²) >= 11 is 5.12. The van der Waals surface area contributed by atoms with Gasteiger partial charge in [-0.3, -0.25) is 10.1 Å². The summed E-state index contributed by atoms with van der Waals surface area (Å²) in [6, 6.07) is 1.96. The number of ether oxygens (including phenoxy) is 1. The standard InChI is InChI=1S/C13H20BrNO2S/c1-5-8(2)12(13(16)17-4)15-9(3)11-6-10(14)7-18-11/h6-9,12,15H,5H2,1-4H3. The van der Waals surface area contributed by atoms with Crippen molar-refractivity contribution in [2.75, 3.05) is 7.11 Å². The summed E-state index contributed by atoms with van der Waals surface area (Å²) in [7, 11) is 1.44. The smallest absolute Gasteiger partial charge is 0.323 e. The van der Waals surface area contributed by atoms with Gasteiger partial charge < -0.3 is 4.74 Å². The molecule has 1 aromatic rings. The fraction of sp³-hybridized carbons (Fsp3) is 0.615. The molecule has 0 bridgehead atoms. The van der Waals surface area contributed by atoms with Gasteiger partial charge >= 0.3 is 5.97 Å². The average Bonchev–Trinajstić information content (AvgIpc) is 2.80.